The van der Waals surface area contributed by atoms with E-state index in [1.807, 2.05) is 6.07 Å². The Balaban J connectivity index is 1.04. The zero-order valence-electron chi connectivity index (χ0n) is 35.3. The Kier molecular flexibility index (Phi) is 7.28. The second kappa shape index (κ2) is 12.7. The molecule has 3 aliphatic carbocycles. The maximum absolute atomic E-state index is 6.26. The van der Waals surface area contributed by atoms with Crippen molar-refractivity contribution in [2.75, 3.05) is 0 Å². The highest BCUT2D eigenvalue weighted by Gasteiger charge is 2.49. The molecule has 13 rings (SSSR count). The van der Waals surface area contributed by atoms with Crippen molar-refractivity contribution in [1.82, 2.24) is 0 Å². The van der Waals surface area contributed by atoms with Gasteiger partial charge in [0.05, 0.1) is 0 Å². The number of rotatable bonds is 4. The Morgan fingerprint density at radius 2 is 0.968 bits per heavy atom. The zero-order valence-corrected chi connectivity index (χ0v) is 35.3. The molecule has 2 heteroatoms. The summed E-state index contributed by atoms with van der Waals surface area (Å²) in [5.41, 5.74) is 23.5. The van der Waals surface area contributed by atoms with E-state index in [-0.39, 0.29) is 16.7 Å². The van der Waals surface area contributed by atoms with Crippen LogP contribution in [0.15, 0.2) is 190 Å². The minimum atomic E-state index is -0.298. The van der Waals surface area contributed by atoms with E-state index in [1.54, 1.807) is 0 Å². The monoisotopic (exact) mass is 796 g/mol. The van der Waals surface area contributed by atoms with Crippen LogP contribution >= 0.6 is 0 Å². The standard InChI is InChI=1S/C60H44O2/c1-59(2)47-33-39(37-25-29-51-45(31-37)41-19-11-13-21-49(41)61-51)23-27-43(47)55-56-44-28-24-40(38-26-30-52-46(32-38)42-20-12-14-22-50(42)62-52)34-48(44)60(3,4)58(56)54(36-17-9-6-10-18-36)53(57(55)59)35-15-7-5-8-16-35/h5-33,40H,34H2,1-4H3. The lowest BCUT2D eigenvalue weighted by Crippen LogP contribution is -2.22. The Bertz CT molecular complexity index is 3590. The van der Waals surface area contributed by atoms with Crippen LogP contribution in [0.3, 0.4) is 0 Å². The Hall–Kier alpha value is -7.16. The summed E-state index contributed by atoms with van der Waals surface area (Å²) in [7, 11) is 0. The molecule has 8 aromatic carbocycles. The van der Waals surface area contributed by atoms with E-state index in [0.717, 1.165) is 39.5 Å². The van der Waals surface area contributed by atoms with Gasteiger partial charge in [0.1, 0.15) is 22.3 Å². The molecule has 0 radical (unpaired) electrons. The predicted molar refractivity (Wildman–Crippen MR) is 258 cm³/mol. The molecule has 0 bridgehead atoms. The van der Waals surface area contributed by atoms with E-state index in [1.165, 1.54) is 94.2 Å². The first-order valence-corrected chi connectivity index (χ1v) is 22.0. The smallest absolute Gasteiger partial charge is 0.135 e. The molecule has 0 fully saturated rings. The summed E-state index contributed by atoms with van der Waals surface area (Å²) in [6, 6.07) is 59.9. The van der Waals surface area contributed by atoms with Gasteiger partial charge in [0.25, 0.3) is 0 Å². The average molecular weight is 797 g/mol. The molecular weight excluding hydrogens is 753 g/mol. The van der Waals surface area contributed by atoms with Crippen molar-refractivity contribution in [3.05, 3.63) is 209 Å². The van der Waals surface area contributed by atoms with Crippen molar-refractivity contribution in [2.45, 2.75) is 50.9 Å². The van der Waals surface area contributed by atoms with Gasteiger partial charge in [0, 0.05) is 38.3 Å². The van der Waals surface area contributed by atoms with Crippen molar-refractivity contribution in [3.8, 4) is 44.5 Å². The summed E-state index contributed by atoms with van der Waals surface area (Å²) < 4.78 is 12.5. The lowest BCUT2D eigenvalue weighted by Gasteiger charge is -2.33. The van der Waals surface area contributed by atoms with Crippen LogP contribution in [0.5, 0.6) is 0 Å². The molecule has 0 amide bonds. The first-order chi connectivity index (χ1) is 30.3. The summed E-state index contributed by atoms with van der Waals surface area (Å²) >= 11 is 0. The fourth-order valence-electron chi connectivity index (χ4n) is 11.7. The van der Waals surface area contributed by atoms with E-state index < -0.39 is 0 Å². The Morgan fingerprint density at radius 1 is 0.435 bits per heavy atom. The third-order valence-corrected chi connectivity index (χ3v) is 14.6. The molecule has 1 atom stereocenters. The number of furan rings is 2. The van der Waals surface area contributed by atoms with Gasteiger partial charge in [-0.05, 0) is 127 Å². The van der Waals surface area contributed by atoms with Crippen LogP contribution in [0.25, 0.3) is 94.0 Å². The second-order valence-electron chi connectivity index (χ2n) is 18.7. The van der Waals surface area contributed by atoms with E-state index in [4.69, 9.17) is 8.83 Å². The second-order valence-corrected chi connectivity index (χ2v) is 18.7. The quantitative estimate of drug-likeness (QED) is 0.177. The normalized spacial score (nSPS) is 16.9. The lowest BCUT2D eigenvalue weighted by molar-refractivity contribution is 0.591. The average Bonchev–Trinajstić information content (AvgIpc) is 4.01. The maximum Gasteiger partial charge on any atom is 0.135 e. The number of hydrogen-bond acceptors (Lipinski definition) is 2. The fourth-order valence-corrected chi connectivity index (χ4v) is 11.7. The van der Waals surface area contributed by atoms with E-state index in [0.29, 0.717) is 0 Å². The van der Waals surface area contributed by atoms with Crippen molar-refractivity contribution in [2.24, 2.45) is 0 Å². The van der Waals surface area contributed by atoms with Crippen molar-refractivity contribution in [1.29, 1.82) is 0 Å². The largest absolute Gasteiger partial charge is 0.456 e. The van der Waals surface area contributed by atoms with E-state index in [9.17, 15) is 0 Å². The van der Waals surface area contributed by atoms with Crippen LogP contribution in [-0.2, 0) is 10.8 Å². The Labute approximate surface area is 361 Å². The highest BCUT2D eigenvalue weighted by molar-refractivity contribution is 6.10. The molecule has 0 N–H and O–H groups in total. The van der Waals surface area contributed by atoms with Gasteiger partial charge in [-0.25, -0.2) is 0 Å². The summed E-state index contributed by atoms with van der Waals surface area (Å²) in [6.45, 7) is 9.90. The number of allylic oxidation sites excluding steroid dienone is 4. The molecule has 62 heavy (non-hydrogen) atoms. The molecule has 1 unspecified atom stereocenters. The van der Waals surface area contributed by atoms with Gasteiger partial charge in [-0.1, -0.05) is 167 Å². The highest BCUT2D eigenvalue weighted by atomic mass is 16.3. The van der Waals surface area contributed by atoms with Crippen LogP contribution in [0.4, 0.5) is 0 Å². The number of hydrogen-bond donors (Lipinski definition) is 0. The molecule has 2 aromatic heterocycles. The van der Waals surface area contributed by atoms with Gasteiger partial charge >= 0.3 is 0 Å². The van der Waals surface area contributed by atoms with Crippen molar-refractivity contribution < 1.29 is 8.83 Å². The first-order valence-electron chi connectivity index (χ1n) is 22.0. The van der Waals surface area contributed by atoms with Crippen molar-refractivity contribution in [3.63, 3.8) is 0 Å². The molecule has 3 aliphatic rings. The first kappa shape index (κ1) is 35.6. The number of para-hydroxylation sites is 2. The summed E-state index contributed by atoms with van der Waals surface area (Å²) in [5.74, 6) is 0.248. The highest BCUT2D eigenvalue weighted by Crippen LogP contribution is 2.65. The van der Waals surface area contributed by atoms with E-state index >= 15 is 0 Å². The zero-order chi connectivity index (χ0) is 41.5. The molecule has 0 saturated carbocycles. The Morgan fingerprint density at radius 3 is 1.63 bits per heavy atom. The van der Waals surface area contributed by atoms with E-state index in [2.05, 4.69) is 198 Å². The SMILES string of the molecule is CC1(C)C2=C(C=CC(c3ccc4oc5ccccc5c4c3)C2)c2c3c(c(-c4ccccc4)c(-c4ccccc4)c21)C(C)(C)c1cc(-c2ccc4oc5ccccc5c4c2)ccc1-3. The molecule has 2 nitrogen and oxygen atoms in total. The van der Waals surface area contributed by atoms with Crippen LogP contribution in [0.2, 0.25) is 0 Å². The maximum atomic E-state index is 6.26. The molecule has 2 heterocycles. The van der Waals surface area contributed by atoms with Crippen LogP contribution in [0.1, 0.15) is 67.9 Å². The van der Waals surface area contributed by atoms with Crippen LogP contribution in [0, 0.1) is 0 Å². The third kappa shape index (κ3) is 4.87. The van der Waals surface area contributed by atoms with Gasteiger partial charge in [-0.3, -0.25) is 0 Å². The molecular formula is C60H44O2. The molecule has 0 saturated heterocycles. The lowest BCUT2D eigenvalue weighted by atomic mass is 9.69. The van der Waals surface area contributed by atoms with Gasteiger partial charge < -0.3 is 8.83 Å². The van der Waals surface area contributed by atoms with Gasteiger partial charge in [-0.2, -0.15) is 0 Å². The molecule has 296 valence electrons. The van der Waals surface area contributed by atoms with Crippen molar-refractivity contribution >= 4 is 49.5 Å². The topological polar surface area (TPSA) is 26.3 Å². The fraction of sp³-hybridized carbons (Fsp3) is 0.133. The minimum absolute atomic E-state index is 0.237. The molecule has 0 spiro atoms. The minimum Gasteiger partial charge on any atom is -0.456 e. The predicted octanol–water partition coefficient (Wildman–Crippen LogP) is 16.6. The van der Waals surface area contributed by atoms with Crippen LogP contribution in [-0.4, -0.2) is 0 Å². The summed E-state index contributed by atoms with van der Waals surface area (Å²) in [4.78, 5) is 0. The number of benzene rings is 8. The van der Waals surface area contributed by atoms with Gasteiger partial charge in [-0.15, -0.1) is 0 Å². The summed E-state index contributed by atoms with van der Waals surface area (Å²) in [6.07, 6.45) is 5.92. The molecule has 10 aromatic rings. The van der Waals surface area contributed by atoms with Gasteiger partial charge in [0.2, 0.25) is 0 Å². The third-order valence-electron chi connectivity index (χ3n) is 14.6. The van der Waals surface area contributed by atoms with Crippen LogP contribution < -0.4 is 0 Å². The molecule has 0 aliphatic heterocycles. The number of fused-ring (bicyclic) bond motifs is 12. The summed E-state index contributed by atoms with van der Waals surface area (Å²) in [5, 5.41) is 4.67. The van der Waals surface area contributed by atoms with Gasteiger partial charge in [0.15, 0.2) is 0 Å².